The van der Waals surface area contributed by atoms with Gasteiger partial charge in [0.15, 0.2) is 0 Å². The number of carbonyl (C=O) groups is 1. The Morgan fingerprint density at radius 3 is 2.27 bits per heavy atom. The third kappa shape index (κ3) is 4.23. The van der Waals surface area contributed by atoms with Gasteiger partial charge >= 0.3 is 6.09 Å². The van der Waals surface area contributed by atoms with Crippen LogP contribution in [0.15, 0.2) is 12.1 Å². The van der Waals surface area contributed by atoms with Gasteiger partial charge in [0.05, 0.1) is 0 Å². The average molecular weight is 304 g/mol. The summed E-state index contributed by atoms with van der Waals surface area (Å²) in [7, 11) is 0. The van der Waals surface area contributed by atoms with E-state index in [4.69, 9.17) is 4.74 Å². The summed E-state index contributed by atoms with van der Waals surface area (Å²) in [6.07, 6.45) is -0.215. The number of hydrogen-bond acceptors (Lipinski definition) is 3. The molecule has 1 fully saturated rings. The summed E-state index contributed by atoms with van der Waals surface area (Å²) in [6.45, 7) is 14.4. The summed E-state index contributed by atoms with van der Waals surface area (Å²) in [6, 6.07) is 4.79. The van der Waals surface area contributed by atoms with Crippen molar-refractivity contribution in [3.63, 3.8) is 0 Å². The van der Waals surface area contributed by atoms with Gasteiger partial charge in [-0.2, -0.15) is 0 Å². The highest BCUT2D eigenvalue weighted by atomic mass is 16.6. The Kier molecular flexibility index (Phi) is 4.81. The Bertz CT molecular complexity index is 532. The van der Waals surface area contributed by atoms with E-state index in [2.05, 4.69) is 38.2 Å². The zero-order chi connectivity index (χ0) is 16.5. The van der Waals surface area contributed by atoms with Crippen molar-refractivity contribution in [3.8, 4) is 0 Å². The molecular weight excluding hydrogens is 276 g/mol. The molecule has 0 aliphatic carbocycles. The molecular formula is C18H28N2O2. The molecule has 1 aromatic carbocycles. The standard InChI is InChI=1S/C18H28N2O2/c1-12-7-13(2)16(14(3)8-12)9-19-15-10-20(11-15)17(21)22-18(4,5)6/h7-8,15,19H,9-11H2,1-6H3. The summed E-state index contributed by atoms with van der Waals surface area (Å²) in [5.74, 6) is 0. The average Bonchev–Trinajstić information content (AvgIpc) is 2.27. The predicted octanol–water partition coefficient (Wildman–Crippen LogP) is 3.32. The van der Waals surface area contributed by atoms with Gasteiger partial charge in [0, 0.05) is 25.7 Å². The summed E-state index contributed by atoms with van der Waals surface area (Å²) >= 11 is 0. The third-order valence-electron chi connectivity index (χ3n) is 3.94. The molecule has 2 rings (SSSR count). The van der Waals surface area contributed by atoms with E-state index < -0.39 is 5.60 Å². The lowest BCUT2D eigenvalue weighted by atomic mass is 9.99. The minimum Gasteiger partial charge on any atom is -0.444 e. The van der Waals surface area contributed by atoms with Crippen LogP contribution in [0.4, 0.5) is 4.79 Å². The summed E-state index contributed by atoms with van der Waals surface area (Å²) in [4.78, 5) is 13.6. The molecule has 1 N–H and O–H groups in total. The Morgan fingerprint density at radius 1 is 1.23 bits per heavy atom. The highest BCUT2D eigenvalue weighted by Gasteiger charge is 2.33. The molecule has 1 saturated heterocycles. The van der Waals surface area contributed by atoms with E-state index in [-0.39, 0.29) is 6.09 Å². The van der Waals surface area contributed by atoms with Gasteiger partial charge in [-0.05, 0) is 58.2 Å². The minimum atomic E-state index is -0.425. The zero-order valence-electron chi connectivity index (χ0n) is 14.6. The van der Waals surface area contributed by atoms with Gasteiger partial charge in [0.1, 0.15) is 5.60 Å². The molecule has 1 amide bonds. The van der Waals surface area contributed by atoms with Crippen molar-refractivity contribution in [1.82, 2.24) is 10.2 Å². The smallest absolute Gasteiger partial charge is 0.410 e. The number of rotatable bonds is 3. The van der Waals surface area contributed by atoms with E-state index in [9.17, 15) is 4.79 Å². The number of nitrogens with zero attached hydrogens (tertiary/aromatic N) is 1. The fraction of sp³-hybridized carbons (Fsp3) is 0.611. The van der Waals surface area contributed by atoms with Crippen molar-refractivity contribution in [1.29, 1.82) is 0 Å². The van der Waals surface area contributed by atoms with Gasteiger partial charge in [-0.1, -0.05) is 17.7 Å². The van der Waals surface area contributed by atoms with E-state index in [1.54, 1.807) is 4.90 Å². The normalized spacial score (nSPS) is 15.6. The monoisotopic (exact) mass is 304 g/mol. The fourth-order valence-electron chi connectivity index (χ4n) is 2.82. The summed E-state index contributed by atoms with van der Waals surface area (Å²) in [5.41, 5.74) is 4.90. The molecule has 4 nitrogen and oxygen atoms in total. The predicted molar refractivity (Wildman–Crippen MR) is 89.1 cm³/mol. The number of likely N-dealkylation sites (tertiary alicyclic amines) is 1. The van der Waals surface area contributed by atoms with E-state index in [1.165, 1.54) is 22.3 Å². The maximum atomic E-state index is 11.9. The highest BCUT2D eigenvalue weighted by molar-refractivity contribution is 5.69. The van der Waals surface area contributed by atoms with Crippen molar-refractivity contribution in [2.24, 2.45) is 0 Å². The molecule has 122 valence electrons. The van der Waals surface area contributed by atoms with E-state index >= 15 is 0 Å². The van der Waals surface area contributed by atoms with Gasteiger partial charge in [0.25, 0.3) is 0 Å². The lowest BCUT2D eigenvalue weighted by Gasteiger charge is -2.40. The lowest BCUT2D eigenvalue weighted by Crippen LogP contribution is -2.60. The number of hydrogen-bond donors (Lipinski definition) is 1. The number of amides is 1. The largest absolute Gasteiger partial charge is 0.444 e. The van der Waals surface area contributed by atoms with E-state index in [0.29, 0.717) is 6.04 Å². The highest BCUT2D eigenvalue weighted by Crippen LogP contribution is 2.18. The second-order valence-corrected chi connectivity index (χ2v) is 7.34. The van der Waals surface area contributed by atoms with Crippen LogP contribution in [0.25, 0.3) is 0 Å². The minimum absolute atomic E-state index is 0.215. The molecule has 1 aliphatic heterocycles. The van der Waals surface area contributed by atoms with Crippen molar-refractivity contribution < 1.29 is 9.53 Å². The number of carbonyl (C=O) groups excluding carboxylic acids is 1. The first-order valence-corrected chi connectivity index (χ1v) is 7.94. The van der Waals surface area contributed by atoms with Crippen LogP contribution in [0.5, 0.6) is 0 Å². The first kappa shape index (κ1) is 16.8. The SMILES string of the molecule is Cc1cc(C)c(CNC2CN(C(=O)OC(C)(C)C)C2)c(C)c1. The molecule has 0 atom stereocenters. The van der Waals surface area contributed by atoms with Crippen LogP contribution < -0.4 is 5.32 Å². The molecule has 1 aromatic rings. The summed E-state index contributed by atoms with van der Waals surface area (Å²) in [5, 5.41) is 3.53. The molecule has 4 heteroatoms. The molecule has 0 radical (unpaired) electrons. The second kappa shape index (κ2) is 6.29. The van der Waals surface area contributed by atoms with Crippen molar-refractivity contribution in [3.05, 3.63) is 34.4 Å². The van der Waals surface area contributed by atoms with E-state index in [1.807, 2.05) is 20.8 Å². The van der Waals surface area contributed by atoms with Gasteiger partial charge in [-0.15, -0.1) is 0 Å². The molecule has 0 spiro atoms. The topological polar surface area (TPSA) is 41.6 Å². The molecule has 1 aliphatic rings. The first-order chi connectivity index (χ1) is 10.2. The van der Waals surface area contributed by atoms with Gasteiger partial charge < -0.3 is 15.0 Å². The maximum absolute atomic E-state index is 11.9. The molecule has 0 aromatic heterocycles. The molecule has 0 unspecified atom stereocenters. The van der Waals surface area contributed by atoms with Crippen LogP contribution in [0.3, 0.4) is 0 Å². The maximum Gasteiger partial charge on any atom is 0.410 e. The summed E-state index contributed by atoms with van der Waals surface area (Å²) < 4.78 is 5.36. The number of ether oxygens (including phenoxy) is 1. The second-order valence-electron chi connectivity index (χ2n) is 7.34. The number of aryl methyl sites for hydroxylation is 3. The third-order valence-corrected chi connectivity index (χ3v) is 3.94. The molecule has 0 bridgehead atoms. The Balaban J connectivity index is 1.81. The molecule has 22 heavy (non-hydrogen) atoms. The molecule has 0 saturated carbocycles. The van der Waals surface area contributed by atoms with Crippen molar-refractivity contribution in [2.45, 2.75) is 59.7 Å². The Morgan fingerprint density at radius 2 is 1.77 bits per heavy atom. The van der Waals surface area contributed by atoms with Gasteiger partial charge in [-0.25, -0.2) is 4.79 Å². The fourth-order valence-corrected chi connectivity index (χ4v) is 2.82. The van der Waals surface area contributed by atoms with Crippen LogP contribution in [0.1, 0.15) is 43.0 Å². The van der Waals surface area contributed by atoms with Crippen LogP contribution >= 0.6 is 0 Å². The van der Waals surface area contributed by atoms with Crippen LogP contribution in [0, 0.1) is 20.8 Å². The van der Waals surface area contributed by atoms with Crippen LogP contribution in [-0.2, 0) is 11.3 Å². The number of benzene rings is 1. The number of nitrogens with one attached hydrogen (secondary N) is 1. The Labute approximate surface area is 133 Å². The van der Waals surface area contributed by atoms with Crippen molar-refractivity contribution >= 4 is 6.09 Å². The van der Waals surface area contributed by atoms with E-state index in [0.717, 1.165) is 19.6 Å². The first-order valence-electron chi connectivity index (χ1n) is 7.94. The zero-order valence-corrected chi connectivity index (χ0v) is 14.6. The Hall–Kier alpha value is -1.55. The lowest BCUT2D eigenvalue weighted by molar-refractivity contribution is 0.00517. The quantitative estimate of drug-likeness (QED) is 0.931. The van der Waals surface area contributed by atoms with Gasteiger partial charge in [0.2, 0.25) is 0 Å². The van der Waals surface area contributed by atoms with Crippen molar-refractivity contribution in [2.75, 3.05) is 13.1 Å². The van der Waals surface area contributed by atoms with Gasteiger partial charge in [-0.3, -0.25) is 0 Å². The molecule has 1 heterocycles. The van der Waals surface area contributed by atoms with Crippen LogP contribution in [0.2, 0.25) is 0 Å². The van der Waals surface area contributed by atoms with Crippen LogP contribution in [-0.4, -0.2) is 35.7 Å².